The molecule has 1 atom stereocenters. The van der Waals surface area contributed by atoms with Crippen molar-refractivity contribution in [2.24, 2.45) is 4.99 Å². The van der Waals surface area contributed by atoms with Crippen molar-refractivity contribution < 1.29 is 5.11 Å². The molecule has 0 spiro atoms. The van der Waals surface area contributed by atoms with E-state index in [1.54, 1.807) is 12.3 Å². The summed E-state index contributed by atoms with van der Waals surface area (Å²) in [6, 6.07) is 21.5. The predicted octanol–water partition coefficient (Wildman–Crippen LogP) is 4.09. The van der Waals surface area contributed by atoms with Gasteiger partial charge in [-0.1, -0.05) is 66.4 Å². The standard InChI is InChI=1S/C19H17NO/c1-14(15-7-3-2-4-8-15)20-13-18-11-16-9-5-6-10-17(16)12-19(18)21/h2-14,21H,1H3/p-1/t14-/m1/s1. The summed E-state index contributed by atoms with van der Waals surface area (Å²) in [7, 11) is 0. The number of benzene rings is 3. The van der Waals surface area contributed by atoms with Crippen LogP contribution in [0.4, 0.5) is 0 Å². The van der Waals surface area contributed by atoms with Crippen LogP contribution in [0.5, 0.6) is 5.75 Å². The first-order chi connectivity index (χ1) is 10.2. The quantitative estimate of drug-likeness (QED) is 0.662. The second-order valence-electron chi connectivity index (χ2n) is 5.10. The van der Waals surface area contributed by atoms with Gasteiger partial charge in [-0.2, -0.15) is 0 Å². The van der Waals surface area contributed by atoms with Gasteiger partial charge in [0.2, 0.25) is 0 Å². The summed E-state index contributed by atoms with van der Waals surface area (Å²) in [5.74, 6) is 0.0118. The topological polar surface area (TPSA) is 35.4 Å². The SMILES string of the molecule is C[C@@H](N=Cc1cc2ccccc2cc1[O-])c1ccccc1. The van der Waals surface area contributed by atoms with Crippen molar-refractivity contribution in [1.29, 1.82) is 0 Å². The van der Waals surface area contributed by atoms with Crippen molar-refractivity contribution in [1.82, 2.24) is 0 Å². The minimum absolute atomic E-state index is 0.0118. The molecule has 3 rings (SSSR count). The van der Waals surface area contributed by atoms with Crippen LogP contribution in [0.15, 0.2) is 71.7 Å². The molecule has 0 saturated heterocycles. The van der Waals surface area contributed by atoms with Gasteiger partial charge in [-0.25, -0.2) is 0 Å². The highest BCUT2D eigenvalue weighted by atomic mass is 16.3. The van der Waals surface area contributed by atoms with E-state index in [0.717, 1.165) is 16.3 Å². The Hall–Kier alpha value is -2.61. The molecule has 3 aromatic rings. The van der Waals surface area contributed by atoms with Crippen molar-refractivity contribution in [3.05, 3.63) is 77.9 Å². The van der Waals surface area contributed by atoms with Crippen molar-refractivity contribution in [2.45, 2.75) is 13.0 Å². The first-order valence-electron chi connectivity index (χ1n) is 7.02. The van der Waals surface area contributed by atoms with Gasteiger partial charge in [-0.3, -0.25) is 4.99 Å². The van der Waals surface area contributed by atoms with Gasteiger partial charge in [0.15, 0.2) is 0 Å². The van der Waals surface area contributed by atoms with E-state index in [2.05, 4.69) is 4.99 Å². The third-order valence-electron chi connectivity index (χ3n) is 3.60. The minimum Gasteiger partial charge on any atom is -0.872 e. The molecule has 21 heavy (non-hydrogen) atoms. The molecule has 0 fully saturated rings. The lowest BCUT2D eigenvalue weighted by atomic mass is 10.1. The summed E-state index contributed by atoms with van der Waals surface area (Å²) >= 11 is 0. The molecule has 0 aliphatic rings. The lowest BCUT2D eigenvalue weighted by molar-refractivity contribution is -0.268. The fraction of sp³-hybridized carbons (Fsp3) is 0.105. The maximum Gasteiger partial charge on any atom is 0.0721 e. The molecule has 0 aromatic heterocycles. The van der Waals surface area contributed by atoms with Crippen LogP contribution in [-0.4, -0.2) is 6.21 Å². The van der Waals surface area contributed by atoms with Crippen molar-refractivity contribution in [3.63, 3.8) is 0 Å². The lowest BCUT2D eigenvalue weighted by Gasteiger charge is -2.13. The van der Waals surface area contributed by atoms with Gasteiger partial charge in [0.25, 0.3) is 0 Å². The van der Waals surface area contributed by atoms with E-state index in [1.807, 2.05) is 67.6 Å². The maximum absolute atomic E-state index is 12.1. The van der Waals surface area contributed by atoms with Crippen LogP contribution in [0, 0.1) is 0 Å². The average molecular weight is 274 g/mol. The molecule has 0 amide bonds. The van der Waals surface area contributed by atoms with Crippen LogP contribution in [-0.2, 0) is 0 Å². The first-order valence-corrected chi connectivity index (χ1v) is 7.02. The zero-order valence-corrected chi connectivity index (χ0v) is 11.9. The van der Waals surface area contributed by atoms with Gasteiger partial charge in [0.05, 0.1) is 6.04 Å². The highest BCUT2D eigenvalue weighted by Crippen LogP contribution is 2.23. The second kappa shape index (κ2) is 5.80. The van der Waals surface area contributed by atoms with E-state index in [4.69, 9.17) is 0 Å². The number of hydrogen-bond donors (Lipinski definition) is 0. The highest BCUT2D eigenvalue weighted by molar-refractivity contribution is 5.93. The van der Waals surface area contributed by atoms with E-state index in [0.29, 0.717) is 5.56 Å². The van der Waals surface area contributed by atoms with Crippen LogP contribution in [0.1, 0.15) is 24.1 Å². The number of aliphatic imine (C=N–C) groups is 1. The predicted molar refractivity (Wildman–Crippen MR) is 85.8 cm³/mol. The molecule has 0 unspecified atom stereocenters. The Morgan fingerprint density at radius 2 is 1.52 bits per heavy atom. The normalized spacial score (nSPS) is 12.8. The Bertz CT molecular complexity index is 778. The maximum atomic E-state index is 12.1. The van der Waals surface area contributed by atoms with Gasteiger partial charge >= 0.3 is 0 Å². The molecule has 0 bridgehead atoms. The largest absolute Gasteiger partial charge is 0.872 e. The molecule has 0 N–H and O–H groups in total. The van der Waals surface area contributed by atoms with Crippen LogP contribution in [0.3, 0.4) is 0 Å². The Morgan fingerprint density at radius 3 is 2.24 bits per heavy atom. The van der Waals surface area contributed by atoms with Crippen LogP contribution >= 0.6 is 0 Å². The lowest BCUT2D eigenvalue weighted by Crippen LogP contribution is -1.97. The molecule has 0 aliphatic carbocycles. The molecular formula is C19H16NO-. The highest BCUT2D eigenvalue weighted by Gasteiger charge is 2.01. The zero-order valence-electron chi connectivity index (χ0n) is 11.9. The summed E-state index contributed by atoms with van der Waals surface area (Å²) in [6.45, 7) is 2.03. The first kappa shape index (κ1) is 13.4. The summed E-state index contributed by atoms with van der Waals surface area (Å²) in [5.41, 5.74) is 1.78. The zero-order chi connectivity index (χ0) is 14.7. The molecule has 104 valence electrons. The molecule has 3 aromatic carbocycles. The van der Waals surface area contributed by atoms with E-state index in [1.165, 1.54) is 0 Å². The number of hydrogen-bond acceptors (Lipinski definition) is 2. The molecule has 0 saturated carbocycles. The average Bonchev–Trinajstić information content (AvgIpc) is 2.53. The minimum atomic E-state index is 0.0118. The third-order valence-corrected chi connectivity index (χ3v) is 3.60. The molecular weight excluding hydrogens is 258 g/mol. The Kier molecular flexibility index (Phi) is 3.69. The Balaban J connectivity index is 1.90. The van der Waals surface area contributed by atoms with E-state index >= 15 is 0 Å². The Morgan fingerprint density at radius 1 is 0.905 bits per heavy atom. The van der Waals surface area contributed by atoms with Crippen molar-refractivity contribution >= 4 is 17.0 Å². The van der Waals surface area contributed by atoms with E-state index in [-0.39, 0.29) is 11.8 Å². The fourth-order valence-corrected chi connectivity index (χ4v) is 2.35. The summed E-state index contributed by atoms with van der Waals surface area (Å²) in [4.78, 5) is 4.51. The summed E-state index contributed by atoms with van der Waals surface area (Å²) in [5, 5.41) is 14.1. The monoisotopic (exact) mass is 274 g/mol. The van der Waals surface area contributed by atoms with Gasteiger partial charge in [-0.15, -0.1) is 0 Å². The second-order valence-corrected chi connectivity index (χ2v) is 5.10. The van der Waals surface area contributed by atoms with Gasteiger partial charge in [0.1, 0.15) is 0 Å². The van der Waals surface area contributed by atoms with E-state index < -0.39 is 0 Å². The third kappa shape index (κ3) is 2.95. The van der Waals surface area contributed by atoms with Crippen molar-refractivity contribution in [2.75, 3.05) is 0 Å². The smallest absolute Gasteiger partial charge is 0.0721 e. The van der Waals surface area contributed by atoms with Crippen molar-refractivity contribution in [3.8, 4) is 5.75 Å². The van der Waals surface area contributed by atoms with Crippen LogP contribution in [0.25, 0.3) is 10.8 Å². The number of fused-ring (bicyclic) bond motifs is 1. The van der Waals surface area contributed by atoms with Crippen LogP contribution in [0.2, 0.25) is 0 Å². The molecule has 0 aliphatic heterocycles. The van der Waals surface area contributed by atoms with Crippen LogP contribution < -0.4 is 5.11 Å². The number of nitrogens with zero attached hydrogens (tertiary/aromatic N) is 1. The van der Waals surface area contributed by atoms with E-state index in [9.17, 15) is 5.11 Å². The van der Waals surface area contributed by atoms with Gasteiger partial charge in [0, 0.05) is 6.21 Å². The molecule has 2 heteroatoms. The Labute approximate surface area is 124 Å². The summed E-state index contributed by atoms with van der Waals surface area (Å²) in [6.07, 6.45) is 1.69. The molecule has 0 radical (unpaired) electrons. The van der Waals surface area contributed by atoms with Gasteiger partial charge in [-0.05, 0) is 34.9 Å². The number of rotatable bonds is 3. The molecule has 2 nitrogen and oxygen atoms in total. The summed E-state index contributed by atoms with van der Waals surface area (Å²) < 4.78 is 0. The fourth-order valence-electron chi connectivity index (χ4n) is 2.35. The van der Waals surface area contributed by atoms with Gasteiger partial charge < -0.3 is 5.11 Å². The molecule has 0 heterocycles.